The number of fused-ring (bicyclic) bond motifs is 1. The molecule has 142 valence electrons. The quantitative estimate of drug-likeness (QED) is 0.668. The fourth-order valence-electron chi connectivity index (χ4n) is 3.80. The summed E-state index contributed by atoms with van der Waals surface area (Å²) in [5.74, 6) is 0.947. The number of amidine groups is 1. The topological polar surface area (TPSA) is 56.0 Å². The molecule has 1 saturated heterocycles. The molecule has 0 aromatic rings. The van der Waals surface area contributed by atoms with Crippen LogP contribution in [0, 0.1) is 5.92 Å². The molecule has 6 nitrogen and oxygen atoms in total. The van der Waals surface area contributed by atoms with E-state index in [1.54, 1.807) is 25.9 Å². The van der Waals surface area contributed by atoms with Crippen molar-refractivity contribution < 1.29 is 14.2 Å². The fourth-order valence-corrected chi connectivity index (χ4v) is 5.08. The molecule has 0 bridgehead atoms. The first-order chi connectivity index (χ1) is 12.5. The molecule has 0 saturated carbocycles. The van der Waals surface area contributed by atoms with Crippen LogP contribution in [0.25, 0.3) is 0 Å². The zero-order valence-electron chi connectivity index (χ0n) is 16.0. The summed E-state index contributed by atoms with van der Waals surface area (Å²) in [6, 6.07) is -0.310. The molecule has 0 aromatic carbocycles. The second-order valence-corrected chi connectivity index (χ2v) is 8.32. The number of hydrogen-bond donors (Lipinski definition) is 0. The number of carbonyl (C=O) groups excluding carboxylic acids is 2. The van der Waals surface area contributed by atoms with Gasteiger partial charge in [-0.3, -0.25) is 4.79 Å². The van der Waals surface area contributed by atoms with Crippen LogP contribution in [-0.2, 0) is 4.79 Å². The van der Waals surface area contributed by atoms with Gasteiger partial charge >= 0.3 is 11.9 Å². The molecule has 3 heterocycles. The summed E-state index contributed by atoms with van der Waals surface area (Å²) >= 11 is 1.77. The number of thioether (sulfide) groups is 1. The summed E-state index contributed by atoms with van der Waals surface area (Å²) < 4.78 is 1.51. The molecule has 3 amide bonds. The average molecular weight is 378 g/mol. The Kier molecular flexibility index (Phi) is 6.29. The monoisotopic (exact) mass is 377 g/mol. The Labute approximate surface area is 160 Å². The third-order valence-corrected chi connectivity index (χ3v) is 6.51. The van der Waals surface area contributed by atoms with Gasteiger partial charge in [-0.2, -0.15) is 9.48 Å². The second kappa shape index (κ2) is 8.48. The van der Waals surface area contributed by atoms with E-state index >= 15 is 0 Å². The maximum absolute atomic E-state index is 12.9. The smallest absolute Gasteiger partial charge is 0.303 e. The van der Waals surface area contributed by atoms with Crippen molar-refractivity contribution in [2.45, 2.75) is 39.0 Å². The number of allylic oxidation sites excluding steroid dienone is 1. The normalized spacial score (nSPS) is 24.6. The van der Waals surface area contributed by atoms with Crippen molar-refractivity contribution in [3.05, 3.63) is 10.5 Å². The van der Waals surface area contributed by atoms with Crippen LogP contribution in [0.4, 0.5) is 4.79 Å². The lowest BCUT2D eigenvalue weighted by Gasteiger charge is -2.29. The van der Waals surface area contributed by atoms with Crippen molar-refractivity contribution in [2.75, 3.05) is 39.5 Å². The molecule has 7 heteroatoms. The minimum Gasteiger partial charge on any atom is -0.303 e. The second-order valence-electron chi connectivity index (χ2n) is 7.18. The summed E-state index contributed by atoms with van der Waals surface area (Å²) in [5.41, 5.74) is 1.15. The summed E-state index contributed by atoms with van der Waals surface area (Å²) in [6.45, 7) is 5.55. The number of likely N-dealkylation sites (tertiary alicyclic amines) is 1. The van der Waals surface area contributed by atoms with Gasteiger partial charge in [0.2, 0.25) is 0 Å². The molecule has 1 atom stereocenters. The molecule has 0 spiro atoms. The van der Waals surface area contributed by atoms with E-state index in [9.17, 15) is 9.59 Å². The lowest BCUT2D eigenvalue weighted by atomic mass is 9.96. The van der Waals surface area contributed by atoms with Gasteiger partial charge in [-0.05, 0) is 37.9 Å². The highest BCUT2D eigenvalue weighted by Crippen LogP contribution is 2.36. The molecular weight excluding hydrogens is 348 g/mol. The number of nitrogens with zero attached hydrogens (tertiary/aromatic N) is 4. The van der Waals surface area contributed by atoms with E-state index in [4.69, 9.17) is 0 Å². The average Bonchev–Trinajstić information content (AvgIpc) is 2.66. The van der Waals surface area contributed by atoms with Crippen LogP contribution >= 0.6 is 11.8 Å². The SMILES string of the molecule is CCCC1=C(SCCN2CCCCC2)C2C(=O)N(C)C(=O)[N+](C)=C2N=C1. The third kappa shape index (κ3) is 3.78. The largest absolute Gasteiger partial charge is 0.445 e. The van der Waals surface area contributed by atoms with E-state index in [1.807, 2.05) is 6.21 Å². The highest BCUT2D eigenvalue weighted by atomic mass is 32.2. The highest BCUT2D eigenvalue weighted by molar-refractivity contribution is 8.03. The first-order valence-corrected chi connectivity index (χ1v) is 10.6. The number of dihydropyridines is 1. The molecular formula is C19H29N4O2S+. The van der Waals surface area contributed by atoms with Crippen molar-refractivity contribution in [2.24, 2.45) is 10.9 Å². The summed E-state index contributed by atoms with van der Waals surface area (Å²) in [5, 5.41) is 0. The van der Waals surface area contributed by atoms with E-state index in [2.05, 4.69) is 16.8 Å². The van der Waals surface area contributed by atoms with E-state index < -0.39 is 5.92 Å². The summed E-state index contributed by atoms with van der Waals surface area (Å²) in [7, 11) is 3.26. The van der Waals surface area contributed by atoms with Crippen LogP contribution in [0.2, 0.25) is 0 Å². The molecule has 0 N–H and O–H groups in total. The zero-order valence-corrected chi connectivity index (χ0v) is 16.8. The Morgan fingerprint density at radius 2 is 2.00 bits per heavy atom. The Morgan fingerprint density at radius 1 is 1.27 bits per heavy atom. The molecule has 1 unspecified atom stereocenters. The standard InChI is InChI=1S/C19H29N4O2S/c1-4-8-14-13-20-17-15(18(24)22(3)19(25)21(17)2)16(14)26-12-11-23-9-6-5-7-10-23/h13,15H,4-12H2,1-3H3/q+1. The molecule has 0 radical (unpaired) electrons. The Hall–Kier alpha value is -1.47. The minimum atomic E-state index is -0.430. The van der Waals surface area contributed by atoms with Gasteiger partial charge in [0.15, 0.2) is 5.92 Å². The van der Waals surface area contributed by atoms with Crippen LogP contribution in [0.1, 0.15) is 39.0 Å². The van der Waals surface area contributed by atoms with Gasteiger partial charge in [0.25, 0.3) is 5.84 Å². The predicted octanol–water partition coefficient (Wildman–Crippen LogP) is 2.59. The van der Waals surface area contributed by atoms with Gasteiger partial charge in [-0.1, -0.05) is 19.8 Å². The minimum absolute atomic E-state index is 0.158. The molecule has 3 aliphatic heterocycles. The van der Waals surface area contributed by atoms with Crippen molar-refractivity contribution in [1.29, 1.82) is 0 Å². The third-order valence-electron chi connectivity index (χ3n) is 5.32. The number of rotatable bonds is 6. The number of hydrogen-bond acceptors (Lipinski definition) is 5. The van der Waals surface area contributed by atoms with Crippen molar-refractivity contribution in [1.82, 2.24) is 9.80 Å². The maximum Gasteiger partial charge on any atom is 0.445 e. The molecule has 1 fully saturated rings. The van der Waals surface area contributed by atoms with E-state index in [0.29, 0.717) is 5.84 Å². The molecule has 0 aliphatic carbocycles. The molecule has 3 aliphatic rings. The van der Waals surface area contributed by atoms with Gasteiger partial charge in [0.05, 0.1) is 14.1 Å². The number of carbonyl (C=O) groups is 2. The van der Waals surface area contributed by atoms with Crippen molar-refractivity contribution in [3.63, 3.8) is 0 Å². The van der Waals surface area contributed by atoms with Crippen LogP contribution < -0.4 is 0 Å². The maximum atomic E-state index is 12.9. The number of urea groups is 1. The predicted molar refractivity (Wildman–Crippen MR) is 106 cm³/mol. The number of imide groups is 1. The highest BCUT2D eigenvalue weighted by Gasteiger charge is 2.48. The number of aliphatic imine (C=N–C) groups is 1. The van der Waals surface area contributed by atoms with Gasteiger partial charge in [0.1, 0.15) is 6.21 Å². The first kappa shape index (κ1) is 19.3. The van der Waals surface area contributed by atoms with Crippen LogP contribution in [-0.4, -0.2) is 77.8 Å². The zero-order chi connectivity index (χ0) is 18.7. The van der Waals surface area contributed by atoms with E-state index in [0.717, 1.165) is 35.6 Å². The lowest BCUT2D eigenvalue weighted by molar-refractivity contribution is -0.407. The van der Waals surface area contributed by atoms with Gasteiger partial charge in [-0.25, -0.2) is 4.79 Å². The molecule has 3 rings (SSSR count). The van der Waals surface area contributed by atoms with Gasteiger partial charge < -0.3 is 4.90 Å². The molecule has 0 aromatic heterocycles. The lowest BCUT2D eigenvalue weighted by Crippen LogP contribution is -2.52. The van der Waals surface area contributed by atoms with Gasteiger partial charge in [-0.15, -0.1) is 16.8 Å². The van der Waals surface area contributed by atoms with E-state index in [1.165, 1.54) is 41.8 Å². The fraction of sp³-hybridized carbons (Fsp3) is 0.684. The number of amides is 3. The van der Waals surface area contributed by atoms with Crippen LogP contribution in [0.3, 0.4) is 0 Å². The summed E-state index contributed by atoms with van der Waals surface area (Å²) in [4.78, 5) is 34.4. The van der Waals surface area contributed by atoms with Crippen molar-refractivity contribution in [3.8, 4) is 0 Å². The Balaban J connectivity index is 1.81. The first-order valence-electron chi connectivity index (χ1n) is 9.59. The Morgan fingerprint density at radius 3 is 2.69 bits per heavy atom. The summed E-state index contributed by atoms with van der Waals surface area (Å²) in [6.07, 6.45) is 7.70. The van der Waals surface area contributed by atoms with E-state index in [-0.39, 0.29) is 11.9 Å². The molecule has 26 heavy (non-hydrogen) atoms. The van der Waals surface area contributed by atoms with Crippen LogP contribution in [0.5, 0.6) is 0 Å². The number of piperidine rings is 1. The Bertz CT molecular complexity index is 677. The van der Waals surface area contributed by atoms with Gasteiger partial charge in [0, 0.05) is 17.2 Å². The van der Waals surface area contributed by atoms with Crippen molar-refractivity contribution >= 4 is 35.8 Å². The van der Waals surface area contributed by atoms with Crippen LogP contribution in [0.15, 0.2) is 15.5 Å².